The second-order valence-electron chi connectivity index (χ2n) is 6.21. The van der Waals surface area contributed by atoms with E-state index in [0.717, 1.165) is 10.1 Å². The van der Waals surface area contributed by atoms with E-state index in [2.05, 4.69) is 5.32 Å². The summed E-state index contributed by atoms with van der Waals surface area (Å²) in [5, 5.41) is 4.23. The lowest BCUT2D eigenvalue weighted by Gasteiger charge is -2.25. The number of halogens is 1. The molecule has 0 aliphatic carbocycles. The third-order valence-electron chi connectivity index (χ3n) is 3.79. The van der Waals surface area contributed by atoms with Crippen LogP contribution in [0.5, 0.6) is 5.75 Å². The van der Waals surface area contributed by atoms with E-state index in [9.17, 15) is 9.59 Å². The average molecular weight is 389 g/mol. The van der Waals surface area contributed by atoms with E-state index in [0.29, 0.717) is 21.3 Å². The largest absolute Gasteiger partial charge is 0.478 e. The Balaban J connectivity index is 1.83. The molecule has 0 fully saturated rings. The summed E-state index contributed by atoms with van der Waals surface area (Å²) < 4.78 is 6.67. The molecule has 0 atom stereocenters. The zero-order chi connectivity index (χ0) is 18.9. The van der Waals surface area contributed by atoms with Gasteiger partial charge in [0.15, 0.2) is 5.60 Å². The molecule has 3 aromatic rings. The summed E-state index contributed by atoms with van der Waals surface area (Å²) in [6, 6.07) is 13.9. The minimum Gasteiger partial charge on any atom is -0.478 e. The lowest BCUT2D eigenvalue weighted by Crippen LogP contribution is -2.42. The van der Waals surface area contributed by atoms with Gasteiger partial charge in [-0.3, -0.25) is 9.59 Å². The number of nitrogens with two attached hydrogens (primary N) is 1. The van der Waals surface area contributed by atoms with Gasteiger partial charge in [-0.05, 0) is 56.3 Å². The molecule has 0 saturated heterocycles. The second kappa shape index (κ2) is 6.97. The van der Waals surface area contributed by atoms with Crippen molar-refractivity contribution in [2.75, 3.05) is 5.32 Å². The fraction of sp³-hybridized carbons (Fsp3) is 0.158. The van der Waals surface area contributed by atoms with Crippen molar-refractivity contribution < 1.29 is 14.3 Å². The van der Waals surface area contributed by atoms with Crippen LogP contribution in [0.25, 0.3) is 10.1 Å². The van der Waals surface area contributed by atoms with Gasteiger partial charge in [-0.25, -0.2) is 0 Å². The highest BCUT2D eigenvalue weighted by atomic mass is 35.5. The molecule has 1 heterocycles. The number of fused-ring (bicyclic) bond motifs is 1. The Morgan fingerprint density at radius 1 is 1.15 bits per heavy atom. The molecule has 2 amide bonds. The molecule has 0 radical (unpaired) electrons. The summed E-state index contributed by atoms with van der Waals surface area (Å²) in [5.41, 5.74) is 4.84. The van der Waals surface area contributed by atoms with E-state index in [1.54, 1.807) is 50.2 Å². The van der Waals surface area contributed by atoms with E-state index in [4.69, 9.17) is 22.1 Å². The quantitative estimate of drug-likeness (QED) is 0.677. The molecule has 134 valence electrons. The highest BCUT2D eigenvalue weighted by Crippen LogP contribution is 2.32. The molecule has 3 N–H and O–H groups in total. The molecule has 0 bridgehead atoms. The molecule has 5 nitrogen and oxygen atoms in total. The number of primary amides is 1. The van der Waals surface area contributed by atoms with Gasteiger partial charge in [-0.1, -0.05) is 17.7 Å². The summed E-state index contributed by atoms with van der Waals surface area (Å²) in [4.78, 5) is 24.6. The highest BCUT2D eigenvalue weighted by molar-refractivity contribution is 7.20. The summed E-state index contributed by atoms with van der Waals surface area (Å²) in [6.07, 6.45) is 0. The number of benzene rings is 2. The van der Waals surface area contributed by atoms with Crippen LogP contribution in [-0.2, 0) is 4.79 Å². The smallest absolute Gasteiger partial charge is 0.267 e. The van der Waals surface area contributed by atoms with E-state index in [1.165, 1.54) is 11.3 Å². The van der Waals surface area contributed by atoms with Gasteiger partial charge in [-0.15, -0.1) is 11.3 Å². The van der Waals surface area contributed by atoms with Gasteiger partial charge in [0.05, 0.1) is 4.88 Å². The van der Waals surface area contributed by atoms with Crippen molar-refractivity contribution in [3.05, 3.63) is 58.4 Å². The molecule has 0 saturated carbocycles. The Morgan fingerprint density at radius 2 is 1.85 bits per heavy atom. The predicted molar refractivity (Wildman–Crippen MR) is 105 cm³/mol. The number of rotatable bonds is 5. The molecule has 1 aromatic heterocycles. The third-order valence-corrected chi connectivity index (χ3v) is 5.15. The maximum atomic E-state index is 12.7. The second-order valence-corrected chi connectivity index (χ2v) is 7.73. The molecule has 3 rings (SSSR count). The zero-order valence-corrected chi connectivity index (χ0v) is 15.8. The summed E-state index contributed by atoms with van der Waals surface area (Å²) >= 11 is 7.15. The minimum atomic E-state index is -1.11. The normalized spacial score (nSPS) is 11.3. The number of anilines is 1. The Hall–Kier alpha value is -2.57. The Bertz CT molecular complexity index is 980. The first kappa shape index (κ1) is 18.2. The first-order valence-corrected chi connectivity index (χ1v) is 9.04. The van der Waals surface area contributed by atoms with Crippen LogP contribution in [-0.4, -0.2) is 17.4 Å². The van der Waals surface area contributed by atoms with Crippen LogP contribution >= 0.6 is 22.9 Å². The number of nitrogens with one attached hydrogen (secondary N) is 1. The van der Waals surface area contributed by atoms with Crippen LogP contribution in [0.1, 0.15) is 23.5 Å². The lowest BCUT2D eigenvalue weighted by atomic mass is 10.1. The fourth-order valence-corrected chi connectivity index (χ4v) is 3.47. The maximum absolute atomic E-state index is 12.7. The molecule has 0 unspecified atom stereocenters. The lowest BCUT2D eigenvalue weighted by molar-refractivity contribution is -0.128. The number of ether oxygens (including phenoxy) is 1. The van der Waals surface area contributed by atoms with Crippen LogP contribution in [0, 0.1) is 0 Å². The van der Waals surface area contributed by atoms with Crippen LogP contribution < -0.4 is 15.8 Å². The SMILES string of the molecule is CC(C)(Oc1ccc(Cl)cc1)C(=O)Nc1cccc2sc(C(N)=O)cc12. The van der Waals surface area contributed by atoms with E-state index in [1.807, 2.05) is 12.1 Å². The minimum absolute atomic E-state index is 0.313. The average Bonchev–Trinajstić information content (AvgIpc) is 3.02. The first-order chi connectivity index (χ1) is 12.3. The summed E-state index contributed by atoms with van der Waals surface area (Å²) in [7, 11) is 0. The number of hydrogen-bond acceptors (Lipinski definition) is 4. The van der Waals surface area contributed by atoms with E-state index in [-0.39, 0.29) is 5.91 Å². The topological polar surface area (TPSA) is 81.4 Å². The molecular weight excluding hydrogens is 372 g/mol. The molecule has 26 heavy (non-hydrogen) atoms. The molecule has 7 heteroatoms. The van der Waals surface area contributed by atoms with Gasteiger partial charge < -0.3 is 15.8 Å². The van der Waals surface area contributed by atoms with E-state index >= 15 is 0 Å². The van der Waals surface area contributed by atoms with Gasteiger partial charge in [0.25, 0.3) is 11.8 Å². The molecular formula is C19H17ClN2O3S. The monoisotopic (exact) mass is 388 g/mol. The van der Waals surface area contributed by atoms with Crippen molar-refractivity contribution >= 4 is 50.5 Å². The van der Waals surface area contributed by atoms with Gasteiger partial charge in [0.1, 0.15) is 5.75 Å². The third kappa shape index (κ3) is 3.81. The van der Waals surface area contributed by atoms with Crippen LogP contribution in [0.3, 0.4) is 0 Å². The Labute approximate surface area is 159 Å². The molecule has 2 aromatic carbocycles. The zero-order valence-electron chi connectivity index (χ0n) is 14.2. The fourth-order valence-electron chi connectivity index (χ4n) is 2.41. The van der Waals surface area contributed by atoms with Crippen molar-refractivity contribution in [3.63, 3.8) is 0 Å². The molecule has 0 aliphatic heterocycles. The first-order valence-electron chi connectivity index (χ1n) is 7.85. The Morgan fingerprint density at radius 3 is 2.50 bits per heavy atom. The number of carbonyl (C=O) groups excluding carboxylic acids is 2. The van der Waals surface area contributed by atoms with Gasteiger partial charge in [0.2, 0.25) is 0 Å². The summed E-state index contributed by atoms with van der Waals surface area (Å²) in [5.74, 6) is -0.263. The highest BCUT2D eigenvalue weighted by Gasteiger charge is 2.30. The standard InChI is InChI=1S/C19H17ClN2O3S/c1-19(2,25-12-8-6-11(20)7-9-12)18(24)22-14-4-3-5-15-13(14)10-16(26-15)17(21)23/h3-10H,1-2H3,(H2,21,23)(H,22,24). The maximum Gasteiger partial charge on any atom is 0.267 e. The number of hydrogen-bond donors (Lipinski definition) is 2. The number of carbonyl (C=O) groups is 2. The summed E-state index contributed by atoms with van der Waals surface area (Å²) in [6.45, 7) is 3.36. The predicted octanol–water partition coefficient (Wildman–Crippen LogP) is 4.45. The number of amides is 2. The van der Waals surface area contributed by atoms with Gasteiger partial charge in [0, 0.05) is 20.8 Å². The van der Waals surface area contributed by atoms with Crippen LogP contribution in [0.2, 0.25) is 5.02 Å². The van der Waals surface area contributed by atoms with Crippen molar-refractivity contribution in [1.29, 1.82) is 0 Å². The van der Waals surface area contributed by atoms with Crippen molar-refractivity contribution in [2.45, 2.75) is 19.4 Å². The van der Waals surface area contributed by atoms with Gasteiger partial charge in [-0.2, -0.15) is 0 Å². The van der Waals surface area contributed by atoms with Crippen molar-refractivity contribution in [1.82, 2.24) is 0 Å². The number of thiophene rings is 1. The van der Waals surface area contributed by atoms with E-state index < -0.39 is 11.5 Å². The molecule has 0 spiro atoms. The Kier molecular flexibility index (Phi) is 4.89. The van der Waals surface area contributed by atoms with Crippen LogP contribution in [0.15, 0.2) is 48.5 Å². The van der Waals surface area contributed by atoms with Crippen LogP contribution in [0.4, 0.5) is 5.69 Å². The van der Waals surface area contributed by atoms with Crippen molar-refractivity contribution in [2.24, 2.45) is 5.73 Å². The van der Waals surface area contributed by atoms with Gasteiger partial charge >= 0.3 is 0 Å². The molecule has 0 aliphatic rings. The van der Waals surface area contributed by atoms with Crippen molar-refractivity contribution in [3.8, 4) is 5.75 Å².